The van der Waals surface area contributed by atoms with Gasteiger partial charge in [0, 0.05) is 10.0 Å². The molecule has 4 rings (SSSR count). The lowest BCUT2D eigenvalue weighted by atomic mass is 9.84. The Balaban J connectivity index is 1.66. The zero-order chi connectivity index (χ0) is 22.5. The first-order valence-electron chi connectivity index (χ1n) is 11.2. The summed E-state index contributed by atoms with van der Waals surface area (Å²) in [5.74, 6) is -0.199. The molecule has 0 bridgehead atoms. The second-order valence-corrected chi connectivity index (χ2v) is 9.42. The highest BCUT2D eigenvalue weighted by atomic mass is 79.9. The van der Waals surface area contributed by atoms with E-state index in [0.29, 0.717) is 17.9 Å². The minimum absolute atomic E-state index is 0.258. The van der Waals surface area contributed by atoms with E-state index in [-0.39, 0.29) is 11.9 Å². The van der Waals surface area contributed by atoms with E-state index in [2.05, 4.69) is 39.4 Å². The van der Waals surface area contributed by atoms with Crippen LogP contribution in [0.4, 0.5) is 0 Å². The topological polar surface area (TPSA) is 55.4 Å². The van der Waals surface area contributed by atoms with Crippen LogP contribution in [-0.4, -0.2) is 25.0 Å². The Bertz CT molecular complexity index is 1120. The monoisotopic (exact) mass is 493 g/mol. The van der Waals surface area contributed by atoms with Crippen LogP contribution in [0.1, 0.15) is 48.9 Å². The van der Waals surface area contributed by atoms with Gasteiger partial charge in [-0.3, -0.25) is 4.79 Å². The van der Waals surface area contributed by atoms with Crippen LogP contribution in [0.5, 0.6) is 0 Å². The molecule has 1 aliphatic carbocycles. The average molecular weight is 494 g/mol. The molecule has 1 unspecified atom stereocenters. The maximum Gasteiger partial charge on any atom is 0.328 e. The maximum absolute atomic E-state index is 13.4. The van der Waals surface area contributed by atoms with Crippen molar-refractivity contribution in [2.24, 2.45) is 5.92 Å². The molecule has 0 radical (unpaired) electrons. The maximum atomic E-state index is 13.4. The van der Waals surface area contributed by atoms with Gasteiger partial charge in [-0.1, -0.05) is 90.5 Å². The Morgan fingerprint density at radius 3 is 2.53 bits per heavy atom. The molecule has 1 N–H and O–H groups in total. The molecule has 0 aliphatic heterocycles. The number of carbonyl (C=O) groups is 2. The normalized spacial score (nSPS) is 15.3. The standard InChI is InChI=1S/C27H28BrNO3/c1-32-27(31)25(16-18-8-3-2-4-9-18)29-26(30)23-15-14-20(28)17-24(23)22-13-7-11-19-10-5-6-12-21(19)22/h5-7,10-15,17-18,25H,2-4,8-9,16H2,1H3,(H,29,30). The molecule has 3 aromatic carbocycles. The number of ether oxygens (including phenoxy) is 1. The molecule has 0 aromatic heterocycles. The number of hydrogen-bond donors (Lipinski definition) is 1. The minimum Gasteiger partial charge on any atom is -0.467 e. The quantitative estimate of drug-likeness (QED) is 0.398. The number of carbonyl (C=O) groups excluding carboxylic acids is 2. The molecule has 1 amide bonds. The highest BCUT2D eigenvalue weighted by Crippen LogP contribution is 2.33. The zero-order valence-electron chi connectivity index (χ0n) is 18.3. The number of esters is 1. The van der Waals surface area contributed by atoms with E-state index < -0.39 is 6.04 Å². The smallest absolute Gasteiger partial charge is 0.328 e. The van der Waals surface area contributed by atoms with Crippen molar-refractivity contribution in [1.82, 2.24) is 5.32 Å². The van der Waals surface area contributed by atoms with Gasteiger partial charge in [-0.15, -0.1) is 0 Å². The first-order chi connectivity index (χ1) is 15.6. The molecule has 0 spiro atoms. The van der Waals surface area contributed by atoms with Crippen molar-refractivity contribution in [2.75, 3.05) is 7.11 Å². The van der Waals surface area contributed by atoms with Gasteiger partial charge in [0.1, 0.15) is 6.04 Å². The molecule has 4 nitrogen and oxygen atoms in total. The van der Waals surface area contributed by atoms with Gasteiger partial charge < -0.3 is 10.1 Å². The summed E-state index contributed by atoms with van der Waals surface area (Å²) >= 11 is 3.55. The Labute approximate surface area is 197 Å². The van der Waals surface area contributed by atoms with Gasteiger partial charge in [-0.25, -0.2) is 4.79 Å². The predicted molar refractivity (Wildman–Crippen MR) is 132 cm³/mol. The van der Waals surface area contributed by atoms with Crippen molar-refractivity contribution in [1.29, 1.82) is 0 Å². The molecule has 0 saturated heterocycles. The summed E-state index contributed by atoms with van der Waals surface area (Å²) in [6, 6.07) is 19.2. The molecular weight excluding hydrogens is 466 g/mol. The van der Waals surface area contributed by atoms with Gasteiger partial charge in [-0.05, 0) is 52.4 Å². The van der Waals surface area contributed by atoms with Crippen LogP contribution >= 0.6 is 15.9 Å². The van der Waals surface area contributed by atoms with Crippen LogP contribution in [0.2, 0.25) is 0 Å². The Hall–Kier alpha value is -2.66. The molecule has 1 aliphatic rings. The van der Waals surface area contributed by atoms with Crippen molar-refractivity contribution in [3.63, 3.8) is 0 Å². The van der Waals surface area contributed by atoms with Crippen LogP contribution in [0.3, 0.4) is 0 Å². The largest absolute Gasteiger partial charge is 0.467 e. The van der Waals surface area contributed by atoms with Gasteiger partial charge in [0.25, 0.3) is 5.91 Å². The number of fused-ring (bicyclic) bond motifs is 1. The van der Waals surface area contributed by atoms with Gasteiger partial charge in [0.2, 0.25) is 0 Å². The number of methoxy groups -OCH3 is 1. The summed E-state index contributed by atoms with van der Waals surface area (Å²) in [4.78, 5) is 25.9. The summed E-state index contributed by atoms with van der Waals surface area (Å²) in [6.07, 6.45) is 6.44. The summed E-state index contributed by atoms with van der Waals surface area (Å²) in [6.45, 7) is 0. The van der Waals surface area contributed by atoms with Crippen molar-refractivity contribution in [2.45, 2.75) is 44.6 Å². The van der Waals surface area contributed by atoms with E-state index in [1.54, 1.807) is 0 Å². The predicted octanol–water partition coefficient (Wildman–Crippen LogP) is 6.51. The third-order valence-corrected chi connectivity index (χ3v) is 6.88. The summed E-state index contributed by atoms with van der Waals surface area (Å²) in [5.41, 5.74) is 2.36. The third kappa shape index (κ3) is 5.04. The molecule has 32 heavy (non-hydrogen) atoms. The molecule has 166 valence electrons. The Morgan fingerprint density at radius 1 is 1.00 bits per heavy atom. The zero-order valence-corrected chi connectivity index (χ0v) is 19.9. The lowest BCUT2D eigenvalue weighted by molar-refractivity contribution is -0.143. The van der Waals surface area contributed by atoms with E-state index in [1.165, 1.54) is 26.4 Å². The highest BCUT2D eigenvalue weighted by Gasteiger charge is 2.28. The lowest BCUT2D eigenvalue weighted by Gasteiger charge is -2.26. The van der Waals surface area contributed by atoms with Gasteiger partial charge in [-0.2, -0.15) is 0 Å². The molecule has 1 fully saturated rings. The summed E-state index contributed by atoms with van der Waals surface area (Å²) < 4.78 is 5.91. The molecular formula is C27H28BrNO3. The number of amides is 1. The van der Waals surface area contributed by atoms with Crippen LogP contribution < -0.4 is 5.32 Å². The second kappa shape index (κ2) is 10.3. The first-order valence-corrected chi connectivity index (χ1v) is 12.0. The molecule has 1 saturated carbocycles. The van der Waals surface area contributed by atoms with E-state index in [4.69, 9.17) is 4.74 Å². The van der Waals surface area contributed by atoms with Crippen LogP contribution in [-0.2, 0) is 9.53 Å². The van der Waals surface area contributed by atoms with Crippen LogP contribution in [0.15, 0.2) is 65.1 Å². The van der Waals surface area contributed by atoms with Gasteiger partial charge in [0.15, 0.2) is 0 Å². The third-order valence-electron chi connectivity index (χ3n) is 6.39. The molecule has 3 aromatic rings. The van der Waals surface area contributed by atoms with Crippen molar-refractivity contribution < 1.29 is 14.3 Å². The minimum atomic E-state index is -0.639. The molecule has 1 atom stereocenters. The number of hydrogen-bond acceptors (Lipinski definition) is 3. The Morgan fingerprint density at radius 2 is 1.75 bits per heavy atom. The van der Waals surface area contributed by atoms with Gasteiger partial charge >= 0.3 is 5.97 Å². The van der Waals surface area contributed by atoms with Crippen molar-refractivity contribution in [3.8, 4) is 11.1 Å². The molecule has 5 heteroatoms. The van der Waals surface area contributed by atoms with Gasteiger partial charge in [0.05, 0.1) is 7.11 Å². The van der Waals surface area contributed by atoms with Crippen molar-refractivity contribution in [3.05, 3.63) is 70.7 Å². The number of halogens is 1. The number of benzene rings is 3. The van der Waals surface area contributed by atoms with E-state index >= 15 is 0 Å². The van der Waals surface area contributed by atoms with Crippen molar-refractivity contribution >= 4 is 38.6 Å². The Kier molecular flexibility index (Phi) is 7.26. The average Bonchev–Trinajstić information content (AvgIpc) is 2.83. The summed E-state index contributed by atoms with van der Waals surface area (Å²) in [7, 11) is 1.38. The SMILES string of the molecule is COC(=O)C(CC1CCCCC1)NC(=O)c1ccc(Br)cc1-c1cccc2ccccc12. The lowest BCUT2D eigenvalue weighted by Crippen LogP contribution is -2.43. The fraction of sp³-hybridized carbons (Fsp3) is 0.333. The van der Waals surface area contributed by atoms with E-state index in [0.717, 1.165) is 39.2 Å². The van der Waals surface area contributed by atoms with E-state index in [9.17, 15) is 9.59 Å². The highest BCUT2D eigenvalue weighted by molar-refractivity contribution is 9.10. The van der Waals surface area contributed by atoms with E-state index in [1.807, 2.05) is 42.5 Å². The fourth-order valence-electron chi connectivity index (χ4n) is 4.75. The molecule has 0 heterocycles. The van der Waals surface area contributed by atoms with Crippen LogP contribution in [0, 0.1) is 5.92 Å². The second-order valence-electron chi connectivity index (χ2n) is 8.51. The number of nitrogens with one attached hydrogen (secondary N) is 1. The fourth-order valence-corrected chi connectivity index (χ4v) is 5.11. The van der Waals surface area contributed by atoms with Crippen LogP contribution in [0.25, 0.3) is 21.9 Å². The summed E-state index contributed by atoms with van der Waals surface area (Å²) in [5, 5.41) is 5.17. The number of rotatable bonds is 6. The first kappa shape index (κ1) is 22.5.